The number of carbonyl (C=O) groups excluding carboxylic acids is 7. The molecule has 8 unspecified atom stereocenters. The van der Waals surface area contributed by atoms with Gasteiger partial charge in [-0.3, -0.25) is 47.9 Å². The third-order valence-corrected chi connectivity index (χ3v) is 25.2. The van der Waals surface area contributed by atoms with Crippen LogP contribution in [0, 0.1) is 47.3 Å². The summed E-state index contributed by atoms with van der Waals surface area (Å²) in [6, 6.07) is 69.7. The summed E-state index contributed by atoms with van der Waals surface area (Å²) in [5.41, 5.74) is 18.9. The molecule has 8 aromatic carbocycles. The molecule has 4 saturated carbocycles. The van der Waals surface area contributed by atoms with Crippen molar-refractivity contribution in [2.24, 2.45) is 73.0 Å². The molecule has 11 atom stereocenters. The number of para-hydroxylation sites is 4. The van der Waals surface area contributed by atoms with Crippen LogP contribution < -0.4 is 41.3 Å². The number of rotatable bonds is 27. The van der Waals surface area contributed by atoms with Gasteiger partial charge in [0.2, 0.25) is 36.2 Å². The van der Waals surface area contributed by atoms with Crippen molar-refractivity contribution in [1.29, 1.82) is 0 Å². The maximum Gasteiger partial charge on any atom is 0.309 e. The third-order valence-electron chi connectivity index (χ3n) is 24.8. The van der Waals surface area contributed by atoms with Gasteiger partial charge in [0.05, 0.1) is 75.6 Å². The number of thiocarbonyl (C=S) groups is 1. The van der Waals surface area contributed by atoms with E-state index in [9.17, 15) is 43.5 Å². The van der Waals surface area contributed by atoms with E-state index in [0.717, 1.165) is 149 Å². The molecule has 26 nitrogen and oxygen atoms in total. The Balaban J connectivity index is 0.000000144. The van der Waals surface area contributed by atoms with Crippen LogP contribution in [0.2, 0.25) is 0 Å². The summed E-state index contributed by atoms with van der Waals surface area (Å²) in [6.07, 6.45) is 15.0. The molecule has 9 aromatic rings. The number of nitrogens with one attached hydrogen (secondary N) is 3. The second-order valence-corrected chi connectivity index (χ2v) is 35.2. The SMILES string of the molecule is CC(O)C(CC1CC1)C(=O)N[C@H]1N=C(c2ccccc2)c2ccccc2N(C)C1=O.CC(O)C(CC1CC1)C(=O)O.CC(OC(=S)n1ccnc1)C(CC1CC1)C(=O)N[C@H]1N=C(c2ccccc2)c2ccccc2N(C)C1=O.CCCCCC(CC1CC1)C(=O)NC1N=C(c2ccccc2)c2ccccc2N(C)C1=O.CN1C(=O)[C@@H](N)N=C(c2ccccc2)c2ccccc21. The number of aliphatic hydroxyl groups excluding tert-OH is 2. The van der Waals surface area contributed by atoms with E-state index < -0.39 is 66.7 Å². The molecule has 4 aliphatic heterocycles. The molecule has 4 aliphatic carbocycles. The van der Waals surface area contributed by atoms with Crippen LogP contribution in [0.4, 0.5) is 22.7 Å². The van der Waals surface area contributed by atoms with Gasteiger partial charge >= 0.3 is 5.97 Å². The van der Waals surface area contributed by atoms with Gasteiger partial charge in [0.25, 0.3) is 28.8 Å². The van der Waals surface area contributed by atoms with Gasteiger partial charge in [-0.2, -0.15) is 0 Å². The fourth-order valence-corrected chi connectivity index (χ4v) is 16.8. The van der Waals surface area contributed by atoms with Crippen molar-refractivity contribution in [3.63, 3.8) is 0 Å². The van der Waals surface area contributed by atoms with Gasteiger partial charge in [0.15, 0.2) is 6.17 Å². The number of carboxylic acid groups (broad SMARTS) is 1. The topological polar surface area (TPSA) is 349 Å². The number of amides is 7. The van der Waals surface area contributed by atoms with Crippen LogP contribution in [-0.2, 0) is 43.1 Å². The van der Waals surface area contributed by atoms with Gasteiger partial charge in [-0.15, -0.1) is 0 Å². The van der Waals surface area contributed by atoms with E-state index in [4.69, 9.17) is 47.9 Å². The van der Waals surface area contributed by atoms with Gasteiger partial charge in [0.1, 0.15) is 12.4 Å². The van der Waals surface area contributed by atoms with Crippen molar-refractivity contribution in [3.8, 4) is 0 Å². The number of nitrogens with two attached hydrogens (primary N) is 1. The summed E-state index contributed by atoms with van der Waals surface area (Å²) in [5.74, 6) is -2.02. The van der Waals surface area contributed by atoms with Crippen LogP contribution in [0.15, 0.2) is 257 Å². The van der Waals surface area contributed by atoms with Gasteiger partial charge in [-0.1, -0.05) is 272 Å². The minimum absolute atomic E-state index is 0.0399. The molecule has 0 spiro atoms. The number of aromatic nitrogens is 2. The Labute approximate surface area is 765 Å². The number of likely N-dealkylation sites (N-methyl/N-ethyl adjacent to an activating group) is 4. The Morgan fingerprint density at radius 2 is 0.746 bits per heavy atom. The fraction of sp³-hybridized carbons (Fsp3) is 0.379. The quantitative estimate of drug-likeness (QED) is 0.0186. The van der Waals surface area contributed by atoms with Gasteiger partial charge in [0, 0.05) is 91.0 Å². The number of hydrogen-bond donors (Lipinski definition) is 7. The van der Waals surface area contributed by atoms with E-state index in [2.05, 4.69) is 32.9 Å². The fourth-order valence-electron chi connectivity index (χ4n) is 16.5. The minimum Gasteiger partial charge on any atom is -0.481 e. The normalized spacial score (nSPS) is 19.5. The molecule has 27 heteroatoms. The lowest BCUT2D eigenvalue weighted by atomic mass is 9.94. The Morgan fingerprint density at radius 1 is 0.431 bits per heavy atom. The van der Waals surface area contributed by atoms with Crippen molar-refractivity contribution in [2.75, 3.05) is 47.8 Å². The number of fused-ring (bicyclic) bond motifs is 4. The zero-order valence-electron chi connectivity index (χ0n) is 75.0. The highest BCUT2D eigenvalue weighted by molar-refractivity contribution is 7.80. The zero-order chi connectivity index (χ0) is 92.2. The molecule has 5 heterocycles. The highest BCUT2D eigenvalue weighted by Gasteiger charge is 2.42. The first kappa shape index (κ1) is 94.8. The summed E-state index contributed by atoms with van der Waals surface area (Å²) in [5, 5.41) is 36.9. The molecule has 0 bridgehead atoms. The second-order valence-electron chi connectivity index (χ2n) is 34.8. The predicted molar refractivity (Wildman–Crippen MR) is 511 cm³/mol. The molecule has 8 aliphatic rings. The molecule has 7 amide bonds. The molecule has 17 rings (SSSR count). The Hall–Kier alpha value is -12.8. The van der Waals surface area contributed by atoms with E-state index in [1.54, 1.807) is 80.0 Å². The van der Waals surface area contributed by atoms with Gasteiger partial charge in [-0.05, 0) is 113 Å². The summed E-state index contributed by atoms with van der Waals surface area (Å²) in [6.45, 7) is 7.18. The number of carboxylic acids is 1. The van der Waals surface area contributed by atoms with Crippen LogP contribution in [-0.4, -0.2) is 171 Å². The first-order valence-corrected chi connectivity index (χ1v) is 45.6. The molecule has 0 saturated heterocycles. The van der Waals surface area contributed by atoms with Crippen molar-refractivity contribution in [2.45, 2.75) is 173 Å². The van der Waals surface area contributed by atoms with Gasteiger partial charge < -0.3 is 61.3 Å². The molecule has 678 valence electrons. The number of aliphatic imine (C=N–C) groups is 4. The molecule has 130 heavy (non-hydrogen) atoms. The van der Waals surface area contributed by atoms with Crippen LogP contribution in [0.5, 0.6) is 0 Å². The number of nitrogens with zero attached hydrogens (tertiary/aromatic N) is 10. The standard InChI is InChI=1S/C28H29N5O3S.C27H33N3O2.C24H27N3O3.C16H15N3O.C8H14O3/c1-18(36-28(37)33-15-14-29-17-33)22(16-19-12-13-19)26(34)31-25-27(35)32(2)23-11-7-6-10-21(23)24(30-25)20-8-4-3-5-9-20;1-3-4-6-13-21(18-19-16-17-19)26(31)29-25-27(32)30(2)23-15-10-9-14-22(23)24(28-25)20-11-7-5-8-12-20;1-15(28)19(14-16-12-13-16)23(29)26-22-24(30)27(2)20-11-7-6-10-18(20)21(25-22)17-8-4-3-5-9-17;1-19-13-10-6-5-9-12(13)14(18-15(17)16(19)20)11-7-3-2-4-8-11;1-5(9)7(8(10)11)4-6-2-3-6/h3-11,14-15,17-19,22,25H,12-13,16H2,1-2H3,(H,31,34);5,7-12,14-15,19,21,25H,3-4,6,13,16-18H2,1-2H3,(H,29,31);3-11,15-16,19,22,28H,12-14H2,1-2H3,(H,26,29);2-10,15H,17H2,1H3;5-7,9H,2-4H2,1H3,(H,10,11)/t18?,22?,25-;;15?,19?,22-;15-;/m1.10./s1. The Morgan fingerprint density at radius 3 is 1.08 bits per heavy atom. The number of imidazole rings is 1. The lowest BCUT2D eigenvalue weighted by Crippen LogP contribution is -2.49. The predicted octanol–water partition coefficient (Wildman–Crippen LogP) is 14.1. The van der Waals surface area contributed by atoms with Crippen molar-refractivity contribution < 1.29 is 58.4 Å². The molecule has 4 fully saturated rings. The monoisotopic (exact) mass is 1770 g/mol. The first-order valence-electron chi connectivity index (χ1n) is 45.2. The van der Waals surface area contributed by atoms with Crippen molar-refractivity contribution >= 4 is 110 Å². The molecule has 0 radical (unpaired) electrons. The van der Waals surface area contributed by atoms with Crippen molar-refractivity contribution in [3.05, 3.63) is 282 Å². The van der Waals surface area contributed by atoms with Gasteiger partial charge in [-0.25, -0.2) is 20.0 Å². The summed E-state index contributed by atoms with van der Waals surface area (Å²) in [7, 11) is 6.89. The number of hydrogen-bond acceptors (Lipinski definition) is 18. The van der Waals surface area contributed by atoms with Crippen LogP contribution >= 0.6 is 12.2 Å². The smallest absolute Gasteiger partial charge is 0.309 e. The highest BCUT2D eigenvalue weighted by atomic mass is 32.1. The van der Waals surface area contributed by atoms with E-state index in [1.165, 1.54) is 17.7 Å². The average molecular weight is 1780 g/mol. The number of benzene rings is 8. The number of anilines is 4. The molecule has 1 aromatic heterocycles. The number of aliphatic hydroxyl groups is 2. The summed E-state index contributed by atoms with van der Waals surface area (Å²) < 4.78 is 7.56. The second kappa shape index (κ2) is 44.5. The van der Waals surface area contributed by atoms with E-state index in [0.29, 0.717) is 54.4 Å². The van der Waals surface area contributed by atoms with Crippen LogP contribution in [0.1, 0.15) is 175 Å². The first-order chi connectivity index (χ1) is 62.7. The van der Waals surface area contributed by atoms with Crippen molar-refractivity contribution in [1.82, 2.24) is 25.5 Å². The zero-order valence-corrected chi connectivity index (χ0v) is 75.8. The third kappa shape index (κ3) is 24.6. The number of carbonyl (C=O) groups is 8. The summed E-state index contributed by atoms with van der Waals surface area (Å²) >= 11 is 5.40. The largest absolute Gasteiger partial charge is 0.481 e. The maximum absolute atomic E-state index is 13.7. The Kier molecular flexibility index (Phi) is 32.4. The number of unbranched alkanes of at least 4 members (excludes halogenated alkanes) is 2. The Bertz CT molecular complexity index is 5580. The molecular formula is C103H118N14O12S. The van der Waals surface area contributed by atoms with E-state index >= 15 is 0 Å². The average Bonchev–Trinajstić information content (AvgIpc) is 1.65. The summed E-state index contributed by atoms with van der Waals surface area (Å²) in [4.78, 5) is 132. The van der Waals surface area contributed by atoms with Crippen LogP contribution in [0.3, 0.4) is 0 Å². The number of benzodiazepines with no additional fused rings is 4. The lowest BCUT2D eigenvalue weighted by molar-refractivity contribution is -0.146. The number of ether oxygens (including phenoxy) is 1. The van der Waals surface area contributed by atoms with E-state index in [-0.39, 0.29) is 52.4 Å². The molecule has 8 N–H and O–H groups in total. The minimum atomic E-state index is -1.07. The maximum atomic E-state index is 13.7. The van der Waals surface area contributed by atoms with Crippen LogP contribution in [0.25, 0.3) is 0 Å². The lowest BCUT2D eigenvalue weighted by Gasteiger charge is -2.26. The van der Waals surface area contributed by atoms with E-state index in [1.807, 2.05) is 225 Å². The highest BCUT2D eigenvalue weighted by Crippen LogP contribution is 2.41. The number of aliphatic carboxylic acids is 1. The molecular weight excluding hydrogens is 1660 g/mol.